The molecule has 1 aromatic rings. The van der Waals surface area contributed by atoms with E-state index in [0.717, 1.165) is 5.56 Å². The third-order valence-electron chi connectivity index (χ3n) is 1.85. The third kappa shape index (κ3) is 1.11. The minimum absolute atomic E-state index is 0.0972. The summed E-state index contributed by atoms with van der Waals surface area (Å²) in [5, 5.41) is 2.78. The monoisotopic (exact) mass is 146 g/mol. The van der Waals surface area contributed by atoms with E-state index < -0.39 is 0 Å². The first-order valence-electron chi connectivity index (χ1n) is 3.61. The van der Waals surface area contributed by atoms with E-state index in [-0.39, 0.29) is 5.91 Å². The maximum absolute atomic E-state index is 10.9. The predicted octanol–water partition coefficient (Wildman–Crippen LogP) is 0.659. The van der Waals surface area contributed by atoms with Crippen molar-refractivity contribution >= 4 is 5.91 Å². The van der Waals surface area contributed by atoms with E-state index in [0.29, 0.717) is 13.0 Å². The van der Waals surface area contributed by atoms with Crippen molar-refractivity contribution in [2.45, 2.75) is 13.0 Å². The number of amides is 1. The Morgan fingerprint density at radius 3 is 3.36 bits per heavy atom. The summed E-state index contributed by atoms with van der Waals surface area (Å²) in [6.45, 7) is 0.658. The van der Waals surface area contributed by atoms with Crippen LogP contribution in [0.15, 0.2) is 18.2 Å². The van der Waals surface area contributed by atoms with Gasteiger partial charge < -0.3 is 5.32 Å². The molecular weight excluding hydrogens is 138 g/mol. The van der Waals surface area contributed by atoms with Gasteiger partial charge in [0.05, 0.1) is 6.42 Å². The molecule has 1 aromatic carbocycles. The molecule has 2 heteroatoms. The van der Waals surface area contributed by atoms with Crippen LogP contribution in [-0.2, 0) is 17.8 Å². The molecule has 0 spiro atoms. The number of hydrogen-bond donors (Lipinski definition) is 1. The highest BCUT2D eigenvalue weighted by Crippen LogP contribution is 2.11. The van der Waals surface area contributed by atoms with Crippen LogP contribution >= 0.6 is 0 Å². The Hall–Kier alpha value is -1.31. The highest BCUT2D eigenvalue weighted by Gasteiger charge is 2.12. The first-order chi connectivity index (χ1) is 5.36. The van der Waals surface area contributed by atoms with Crippen LogP contribution in [0.2, 0.25) is 0 Å². The zero-order valence-electron chi connectivity index (χ0n) is 6.05. The summed E-state index contributed by atoms with van der Waals surface area (Å²) in [4.78, 5) is 10.9. The van der Waals surface area contributed by atoms with Crippen molar-refractivity contribution in [2.75, 3.05) is 0 Å². The molecule has 0 bridgehead atoms. The number of carbonyl (C=O) groups excluding carboxylic acids is 1. The van der Waals surface area contributed by atoms with Crippen LogP contribution < -0.4 is 5.32 Å². The van der Waals surface area contributed by atoms with Gasteiger partial charge in [-0.3, -0.25) is 4.79 Å². The first-order valence-corrected chi connectivity index (χ1v) is 3.61. The van der Waals surface area contributed by atoms with Crippen molar-refractivity contribution in [3.63, 3.8) is 0 Å². The molecule has 0 saturated carbocycles. The maximum Gasteiger partial charge on any atom is 0.224 e. The molecule has 1 radical (unpaired) electrons. The fourth-order valence-electron chi connectivity index (χ4n) is 1.25. The van der Waals surface area contributed by atoms with Gasteiger partial charge in [-0.25, -0.2) is 0 Å². The van der Waals surface area contributed by atoms with Gasteiger partial charge in [-0.05, 0) is 17.2 Å². The van der Waals surface area contributed by atoms with Crippen molar-refractivity contribution in [2.24, 2.45) is 0 Å². The molecule has 0 aliphatic carbocycles. The average molecular weight is 146 g/mol. The fraction of sp³-hybridized carbons (Fsp3) is 0.222. The van der Waals surface area contributed by atoms with Crippen LogP contribution in [0.1, 0.15) is 11.1 Å². The van der Waals surface area contributed by atoms with E-state index in [1.54, 1.807) is 0 Å². The lowest BCUT2D eigenvalue weighted by Crippen LogP contribution is -2.30. The molecule has 1 N–H and O–H groups in total. The lowest BCUT2D eigenvalue weighted by molar-refractivity contribution is -0.121. The van der Waals surface area contributed by atoms with E-state index in [2.05, 4.69) is 11.4 Å². The van der Waals surface area contributed by atoms with E-state index >= 15 is 0 Å². The molecule has 1 aliphatic heterocycles. The molecule has 0 unspecified atom stereocenters. The van der Waals surface area contributed by atoms with Crippen molar-refractivity contribution in [1.82, 2.24) is 5.32 Å². The summed E-state index contributed by atoms with van der Waals surface area (Å²) >= 11 is 0. The van der Waals surface area contributed by atoms with Gasteiger partial charge in [0.1, 0.15) is 0 Å². The first kappa shape index (κ1) is 6.40. The Labute approximate surface area is 65.2 Å². The molecule has 11 heavy (non-hydrogen) atoms. The highest BCUT2D eigenvalue weighted by atomic mass is 16.1. The molecule has 1 heterocycles. The largest absolute Gasteiger partial charge is 0.352 e. The molecule has 0 saturated heterocycles. The van der Waals surface area contributed by atoms with Gasteiger partial charge in [-0.1, -0.05) is 18.2 Å². The van der Waals surface area contributed by atoms with Crippen LogP contribution in [0.25, 0.3) is 0 Å². The van der Waals surface area contributed by atoms with Crippen molar-refractivity contribution in [3.8, 4) is 0 Å². The molecule has 0 atom stereocenters. The maximum atomic E-state index is 10.9. The number of benzene rings is 1. The molecule has 1 aliphatic rings. The van der Waals surface area contributed by atoms with Gasteiger partial charge >= 0.3 is 0 Å². The lowest BCUT2D eigenvalue weighted by Gasteiger charge is -2.15. The Morgan fingerprint density at radius 2 is 2.45 bits per heavy atom. The Kier molecular flexibility index (Phi) is 1.39. The SMILES string of the molecule is O=C1Cc2[c]cccc2CN1. The van der Waals surface area contributed by atoms with Crippen molar-refractivity contribution in [3.05, 3.63) is 35.4 Å². The van der Waals surface area contributed by atoms with Gasteiger partial charge in [-0.15, -0.1) is 0 Å². The molecular formula is C9H8NO. The number of hydrogen-bond acceptors (Lipinski definition) is 1. The standard InChI is InChI=1S/C9H8NO/c11-9-5-7-3-1-2-4-8(7)6-10-9/h1-2,4H,5-6H2,(H,10,11). The number of carbonyl (C=O) groups is 1. The van der Waals surface area contributed by atoms with Gasteiger partial charge in [0.2, 0.25) is 5.91 Å². The zero-order chi connectivity index (χ0) is 7.68. The molecule has 0 aromatic heterocycles. The predicted molar refractivity (Wildman–Crippen MR) is 40.8 cm³/mol. The van der Waals surface area contributed by atoms with Gasteiger partial charge in [0.15, 0.2) is 0 Å². The van der Waals surface area contributed by atoms with Crippen LogP contribution in [0, 0.1) is 6.07 Å². The minimum atomic E-state index is 0.0972. The Balaban J connectivity index is 2.41. The van der Waals surface area contributed by atoms with Crippen LogP contribution in [0.5, 0.6) is 0 Å². The highest BCUT2D eigenvalue weighted by molar-refractivity contribution is 5.80. The fourth-order valence-corrected chi connectivity index (χ4v) is 1.25. The Bertz CT molecular complexity index is 293. The molecule has 0 fully saturated rings. The summed E-state index contributed by atoms with van der Waals surface area (Å²) in [6.07, 6.45) is 0.482. The second-order valence-corrected chi connectivity index (χ2v) is 2.63. The normalized spacial score (nSPS) is 15.5. The summed E-state index contributed by atoms with van der Waals surface area (Å²) in [6, 6.07) is 8.86. The van der Waals surface area contributed by atoms with E-state index in [1.165, 1.54) is 5.56 Å². The average Bonchev–Trinajstić information content (AvgIpc) is 2.04. The van der Waals surface area contributed by atoms with E-state index in [1.807, 2.05) is 18.2 Å². The molecule has 2 rings (SSSR count). The van der Waals surface area contributed by atoms with Crippen LogP contribution in [-0.4, -0.2) is 5.91 Å². The summed E-state index contributed by atoms with van der Waals surface area (Å²) < 4.78 is 0. The summed E-state index contributed by atoms with van der Waals surface area (Å²) in [5.74, 6) is 0.0972. The Morgan fingerprint density at radius 1 is 1.55 bits per heavy atom. The quantitative estimate of drug-likeness (QED) is 0.572. The van der Waals surface area contributed by atoms with Gasteiger partial charge in [0, 0.05) is 6.54 Å². The summed E-state index contributed by atoms with van der Waals surface area (Å²) in [7, 11) is 0. The van der Waals surface area contributed by atoms with Gasteiger partial charge in [0.25, 0.3) is 0 Å². The van der Waals surface area contributed by atoms with E-state index in [4.69, 9.17) is 0 Å². The van der Waals surface area contributed by atoms with Crippen LogP contribution in [0.4, 0.5) is 0 Å². The second-order valence-electron chi connectivity index (χ2n) is 2.63. The second kappa shape index (κ2) is 2.38. The molecule has 1 amide bonds. The number of rotatable bonds is 0. The van der Waals surface area contributed by atoms with E-state index in [9.17, 15) is 4.79 Å². The number of nitrogens with one attached hydrogen (secondary N) is 1. The van der Waals surface area contributed by atoms with Crippen molar-refractivity contribution < 1.29 is 4.79 Å². The number of fused-ring (bicyclic) bond motifs is 1. The topological polar surface area (TPSA) is 29.1 Å². The van der Waals surface area contributed by atoms with Crippen molar-refractivity contribution in [1.29, 1.82) is 0 Å². The molecule has 55 valence electrons. The summed E-state index contributed by atoms with van der Waals surface area (Å²) in [5.41, 5.74) is 2.23. The third-order valence-corrected chi connectivity index (χ3v) is 1.85. The lowest BCUT2D eigenvalue weighted by atomic mass is 10.0. The smallest absolute Gasteiger partial charge is 0.224 e. The van der Waals surface area contributed by atoms with Gasteiger partial charge in [-0.2, -0.15) is 0 Å². The zero-order valence-corrected chi connectivity index (χ0v) is 6.05. The van der Waals surface area contributed by atoms with Crippen LogP contribution in [0.3, 0.4) is 0 Å². The minimum Gasteiger partial charge on any atom is -0.352 e. The molecule has 2 nitrogen and oxygen atoms in total.